The van der Waals surface area contributed by atoms with E-state index in [-0.39, 0.29) is 11.7 Å². The van der Waals surface area contributed by atoms with Gasteiger partial charge in [0.05, 0.1) is 0 Å². The highest BCUT2D eigenvalue weighted by atomic mass is 16.3. The van der Waals surface area contributed by atoms with Crippen LogP contribution >= 0.6 is 0 Å². The van der Waals surface area contributed by atoms with Crippen LogP contribution in [-0.2, 0) is 0 Å². The number of phenols is 1. The van der Waals surface area contributed by atoms with Gasteiger partial charge in [-0.15, -0.1) is 0 Å². The third-order valence-corrected chi connectivity index (χ3v) is 3.86. The van der Waals surface area contributed by atoms with Crippen LogP contribution in [0.5, 0.6) is 5.75 Å². The Bertz CT molecular complexity index is 675. The van der Waals surface area contributed by atoms with Crippen molar-refractivity contribution in [2.45, 2.75) is 27.7 Å². The number of aryl methyl sites for hydroxylation is 1. The number of amides is 1. The van der Waals surface area contributed by atoms with E-state index in [2.05, 4.69) is 5.32 Å². The second-order valence-electron chi connectivity index (χ2n) is 5.08. The topological polar surface area (TPSA) is 49.3 Å². The van der Waals surface area contributed by atoms with Crippen molar-refractivity contribution in [3.8, 4) is 5.75 Å². The molecule has 20 heavy (non-hydrogen) atoms. The summed E-state index contributed by atoms with van der Waals surface area (Å²) in [7, 11) is 0. The van der Waals surface area contributed by atoms with E-state index in [0.29, 0.717) is 5.56 Å². The van der Waals surface area contributed by atoms with Gasteiger partial charge >= 0.3 is 0 Å². The third-order valence-electron chi connectivity index (χ3n) is 3.86. The van der Waals surface area contributed by atoms with Gasteiger partial charge in [0.25, 0.3) is 5.91 Å². The van der Waals surface area contributed by atoms with E-state index >= 15 is 0 Å². The molecule has 0 bridgehead atoms. The summed E-state index contributed by atoms with van der Waals surface area (Å²) in [5.41, 5.74) is 5.14. The van der Waals surface area contributed by atoms with Crippen LogP contribution in [0.15, 0.2) is 30.3 Å². The van der Waals surface area contributed by atoms with Gasteiger partial charge in [-0.25, -0.2) is 0 Å². The van der Waals surface area contributed by atoms with Crippen molar-refractivity contribution in [2.24, 2.45) is 0 Å². The first-order valence-corrected chi connectivity index (χ1v) is 6.58. The number of carbonyl (C=O) groups excluding carboxylic acids is 1. The van der Waals surface area contributed by atoms with Crippen LogP contribution in [0, 0.1) is 27.7 Å². The van der Waals surface area contributed by atoms with Crippen molar-refractivity contribution in [2.75, 3.05) is 5.32 Å². The monoisotopic (exact) mass is 269 g/mol. The Morgan fingerprint density at radius 1 is 0.950 bits per heavy atom. The lowest BCUT2D eigenvalue weighted by atomic mass is 10.0. The molecule has 2 aromatic carbocycles. The predicted octanol–water partition coefficient (Wildman–Crippen LogP) is 3.88. The van der Waals surface area contributed by atoms with Gasteiger partial charge < -0.3 is 10.4 Å². The Morgan fingerprint density at radius 3 is 2.35 bits per heavy atom. The maximum atomic E-state index is 12.4. The zero-order valence-electron chi connectivity index (χ0n) is 12.2. The Kier molecular flexibility index (Phi) is 3.79. The lowest BCUT2D eigenvalue weighted by molar-refractivity contribution is 0.102. The maximum absolute atomic E-state index is 12.4. The van der Waals surface area contributed by atoms with E-state index in [4.69, 9.17) is 0 Å². The molecule has 0 radical (unpaired) electrons. The molecule has 0 saturated heterocycles. The first-order chi connectivity index (χ1) is 9.41. The van der Waals surface area contributed by atoms with E-state index in [1.54, 1.807) is 19.1 Å². The van der Waals surface area contributed by atoms with Crippen molar-refractivity contribution >= 4 is 11.6 Å². The normalized spacial score (nSPS) is 10.4. The fraction of sp³-hybridized carbons (Fsp3) is 0.235. The Hall–Kier alpha value is -2.29. The molecule has 0 unspecified atom stereocenters. The highest BCUT2D eigenvalue weighted by Crippen LogP contribution is 2.24. The Morgan fingerprint density at radius 2 is 1.65 bits per heavy atom. The minimum absolute atomic E-state index is 0.153. The number of carbonyl (C=O) groups is 1. The molecule has 2 aromatic rings. The number of hydrogen-bond donors (Lipinski definition) is 2. The average Bonchev–Trinajstić information content (AvgIpc) is 2.41. The Balaban J connectivity index is 2.34. The molecule has 1 amide bonds. The second kappa shape index (κ2) is 5.37. The fourth-order valence-corrected chi connectivity index (χ4v) is 2.13. The lowest BCUT2D eigenvalue weighted by Gasteiger charge is -2.13. The van der Waals surface area contributed by atoms with E-state index < -0.39 is 0 Å². The van der Waals surface area contributed by atoms with Crippen LogP contribution in [0.3, 0.4) is 0 Å². The summed E-state index contributed by atoms with van der Waals surface area (Å²) < 4.78 is 0. The molecule has 0 spiro atoms. The van der Waals surface area contributed by atoms with Crippen LogP contribution in [0.4, 0.5) is 5.69 Å². The van der Waals surface area contributed by atoms with Gasteiger partial charge in [-0.05, 0) is 68.1 Å². The molecule has 3 nitrogen and oxygen atoms in total. The smallest absolute Gasteiger partial charge is 0.255 e. The third kappa shape index (κ3) is 2.52. The highest BCUT2D eigenvalue weighted by molar-refractivity contribution is 6.06. The molecule has 0 aliphatic rings. The molecule has 2 rings (SSSR count). The number of aromatic hydroxyl groups is 1. The second-order valence-corrected chi connectivity index (χ2v) is 5.08. The summed E-state index contributed by atoms with van der Waals surface area (Å²) >= 11 is 0. The minimum atomic E-state index is -0.153. The van der Waals surface area contributed by atoms with Gasteiger partial charge in [-0.3, -0.25) is 4.79 Å². The van der Waals surface area contributed by atoms with Gasteiger partial charge in [-0.2, -0.15) is 0 Å². The quantitative estimate of drug-likeness (QED) is 0.869. The van der Waals surface area contributed by atoms with Crippen molar-refractivity contribution in [3.05, 3.63) is 58.1 Å². The number of rotatable bonds is 2. The molecule has 2 N–H and O–H groups in total. The molecule has 0 aromatic heterocycles. The van der Waals surface area contributed by atoms with Gasteiger partial charge in [0, 0.05) is 11.3 Å². The van der Waals surface area contributed by atoms with E-state index in [1.165, 1.54) is 0 Å². The summed E-state index contributed by atoms with van der Waals surface area (Å²) in [5, 5.41) is 12.6. The van der Waals surface area contributed by atoms with Gasteiger partial charge in [-0.1, -0.05) is 12.1 Å². The number of phenolic OH excluding ortho intramolecular Hbond substituents is 1. The number of anilines is 1. The molecule has 0 aliphatic carbocycles. The molecule has 0 aliphatic heterocycles. The zero-order valence-corrected chi connectivity index (χ0v) is 12.2. The Labute approximate surface area is 119 Å². The lowest BCUT2D eigenvalue weighted by Crippen LogP contribution is -2.15. The SMILES string of the molecule is Cc1cccc(NC(=O)c2ccc(O)c(C)c2C)c1C. The summed E-state index contributed by atoms with van der Waals surface area (Å²) in [4.78, 5) is 12.4. The molecule has 0 fully saturated rings. The first-order valence-electron chi connectivity index (χ1n) is 6.58. The zero-order chi connectivity index (χ0) is 14.9. The van der Waals surface area contributed by atoms with Crippen molar-refractivity contribution in [1.29, 1.82) is 0 Å². The van der Waals surface area contributed by atoms with Crippen LogP contribution < -0.4 is 5.32 Å². The summed E-state index contributed by atoms with van der Waals surface area (Å²) in [5.74, 6) is 0.0603. The van der Waals surface area contributed by atoms with Crippen LogP contribution in [0.2, 0.25) is 0 Å². The van der Waals surface area contributed by atoms with Crippen LogP contribution in [0.25, 0.3) is 0 Å². The van der Waals surface area contributed by atoms with E-state index in [1.807, 2.05) is 39.0 Å². The molecule has 0 atom stereocenters. The molecule has 0 heterocycles. The number of hydrogen-bond acceptors (Lipinski definition) is 2. The molecular formula is C17H19NO2. The van der Waals surface area contributed by atoms with Crippen molar-refractivity contribution in [1.82, 2.24) is 0 Å². The first kappa shape index (κ1) is 14.1. The molecule has 3 heteroatoms. The fourth-order valence-electron chi connectivity index (χ4n) is 2.13. The van der Waals surface area contributed by atoms with Gasteiger partial charge in [0.15, 0.2) is 0 Å². The van der Waals surface area contributed by atoms with Gasteiger partial charge in [0.1, 0.15) is 5.75 Å². The summed E-state index contributed by atoms with van der Waals surface area (Å²) in [6, 6.07) is 9.04. The minimum Gasteiger partial charge on any atom is -0.508 e. The molecule has 104 valence electrons. The standard InChI is InChI=1S/C17H19NO2/c1-10-6-5-7-15(11(10)2)18-17(20)14-8-9-16(19)13(4)12(14)3/h5-9,19H,1-4H3,(H,18,20). The summed E-state index contributed by atoms with van der Waals surface area (Å²) in [6.45, 7) is 7.65. The predicted molar refractivity (Wildman–Crippen MR) is 81.5 cm³/mol. The average molecular weight is 269 g/mol. The van der Waals surface area contributed by atoms with Crippen molar-refractivity contribution in [3.63, 3.8) is 0 Å². The number of benzene rings is 2. The van der Waals surface area contributed by atoms with E-state index in [9.17, 15) is 9.90 Å². The van der Waals surface area contributed by atoms with Crippen molar-refractivity contribution < 1.29 is 9.90 Å². The van der Waals surface area contributed by atoms with Crippen LogP contribution in [-0.4, -0.2) is 11.0 Å². The summed E-state index contributed by atoms with van der Waals surface area (Å²) in [6.07, 6.45) is 0. The number of nitrogens with one attached hydrogen (secondary N) is 1. The maximum Gasteiger partial charge on any atom is 0.255 e. The van der Waals surface area contributed by atoms with Crippen LogP contribution in [0.1, 0.15) is 32.6 Å². The van der Waals surface area contributed by atoms with Gasteiger partial charge in [0.2, 0.25) is 0 Å². The molecular weight excluding hydrogens is 250 g/mol. The largest absolute Gasteiger partial charge is 0.508 e. The molecule has 0 saturated carbocycles. The van der Waals surface area contributed by atoms with E-state index in [0.717, 1.165) is 27.9 Å². The highest BCUT2D eigenvalue weighted by Gasteiger charge is 2.13.